The molecule has 5 heteroatoms. The first-order valence-electron chi connectivity index (χ1n) is 5.47. The predicted octanol–water partition coefficient (Wildman–Crippen LogP) is 3.54. The maximum absolute atomic E-state index is 11.4. The number of carbonyl (C=O) groups is 1. The Bertz CT molecular complexity index is 394. The van der Waals surface area contributed by atoms with E-state index in [9.17, 15) is 4.79 Å². The van der Waals surface area contributed by atoms with Crippen LogP contribution in [0.1, 0.15) is 20.3 Å². The molecule has 0 saturated carbocycles. The van der Waals surface area contributed by atoms with Crippen LogP contribution in [0.4, 0.5) is 5.69 Å². The lowest BCUT2D eigenvalue weighted by molar-refractivity contribution is -0.121. The van der Waals surface area contributed by atoms with E-state index in [0.717, 1.165) is 14.6 Å². The van der Waals surface area contributed by atoms with Crippen LogP contribution in [-0.4, -0.2) is 18.5 Å². The summed E-state index contributed by atoms with van der Waals surface area (Å²) in [6.45, 7) is 4.53. The molecule has 0 saturated heterocycles. The van der Waals surface area contributed by atoms with E-state index in [1.54, 1.807) is 0 Å². The van der Waals surface area contributed by atoms with E-state index in [1.807, 2.05) is 32.0 Å². The average molecular weight is 364 g/mol. The molecule has 1 aromatic rings. The number of rotatable bonds is 5. The Morgan fingerprint density at radius 2 is 2.06 bits per heavy atom. The molecule has 0 aliphatic carbocycles. The molecule has 0 heterocycles. The summed E-state index contributed by atoms with van der Waals surface area (Å²) in [6.07, 6.45) is 0.473. The van der Waals surface area contributed by atoms with E-state index in [2.05, 4.69) is 42.5 Å². The lowest BCUT2D eigenvalue weighted by Crippen LogP contribution is -2.31. The quantitative estimate of drug-likeness (QED) is 0.840. The van der Waals surface area contributed by atoms with Crippen molar-refractivity contribution in [2.24, 2.45) is 0 Å². The molecule has 0 fully saturated rings. The van der Waals surface area contributed by atoms with Crippen LogP contribution >= 0.6 is 31.9 Å². The zero-order chi connectivity index (χ0) is 12.8. The first-order valence-corrected chi connectivity index (χ1v) is 7.06. The van der Waals surface area contributed by atoms with Crippen molar-refractivity contribution in [2.75, 3.05) is 11.9 Å². The van der Waals surface area contributed by atoms with E-state index >= 15 is 0 Å². The van der Waals surface area contributed by atoms with Gasteiger partial charge in [0.05, 0.1) is 0 Å². The van der Waals surface area contributed by atoms with Gasteiger partial charge >= 0.3 is 0 Å². The van der Waals surface area contributed by atoms with Crippen molar-refractivity contribution in [1.82, 2.24) is 5.32 Å². The molecule has 2 N–H and O–H groups in total. The molecule has 0 aliphatic rings. The molecular formula is C12H16Br2N2O. The van der Waals surface area contributed by atoms with Crippen LogP contribution in [0.15, 0.2) is 27.1 Å². The monoisotopic (exact) mass is 362 g/mol. The van der Waals surface area contributed by atoms with E-state index in [4.69, 9.17) is 0 Å². The molecular weight excluding hydrogens is 348 g/mol. The second-order valence-corrected chi connectivity index (χ2v) is 5.79. The Hall–Kier alpha value is -0.550. The SMILES string of the molecule is CC(C)NC(=O)CCNc1ccc(Br)cc1Br. The maximum Gasteiger partial charge on any atom is 0.221 e. The zero-order valence-corrected chi connectivity index (χ0v) is 13.1. The topological polar surface area (TPSA) is 41.1 Å². The largest absolute Gasteiger partial charge is 0.384 e. The molecule has 0 spiro atoms. The zero-order valence-electron chi connectivity index (χ0n) is 9.89. The van der Waals surface area contributed by atoms with Gasteiger partial charge in [-0.2, -0.15) is 0 Å². The average Bonchev–Trinajstić information content (AvgIpc) is 2.20. The summed E-state index contributed by atoms with van der Waals surface area (Å²) in [4.78, 5) is 11.4. The number of carbonyl (C=O) groups excluding carboxylic acids is 1. The Labute approximate surface area is 119 Å². The third kappa shape index (κ3) is 5.55. The van der Waals surface area contributed by atoms with Crippen molar-refractivity contribution < 1.29 is 4.79 Å². The first kappa shape index (κ1) is 14.5. The fraction of sp³-hybridized carbons (Fsp3) is 0.417. The molecule has 0 bridgehead atoms. The van der Waals surface area contributed by atoms with Gasteiger partial charge in [-0.25, -0.2) is 0 Å². The number of hydrogen-bond donors (Lipinski definition) is 2. The van der Waals surface area contributed by atoms with Gasteiger partial charge in [0, 0.05) is 33.6 Å². The van der Waals surface area contributed by atoms with Crippen molar-refractivity contribution in [1.29, 1.82) is 0 Å². The highest BCUT2D eigenvalue weighted by atomic mass is 79.9. The molecule has 17 heavy (non-hydrogen) atoms. The molecule has 1 aromatic carbocycles. The van der Waals surface area contributed by atoms with Crippen molar-refractivity contribution in [2.45, 2.75) is 26.3 Å². The Morgan fingerprint density at radius 1 is 1.35 bits per heavy atom. The minimum Gasteiger partial charge on any atom is -0.384 e. The smallest absolute Gasteiger partial charge is 0.221 e. The van der Waals surface area contributed by atoms with Crippen LogP contribution < -0.4 is 10.6 Å². The minimum absolute atomic E-state index is 0.0701. The molecule has 0 atom stereocenters. The van der Waals surface area contributed by atoms with Gasteiger partial charge in [-0.05, 0) is 48.0 Å². The summed E-state index contributed by atoms with van der Waals surface area (Å²) in [5.41, 5.74) is 0.991. The first-order chi connectivity index (χ1) is 7.99. The van der Waals surface area contributed by atoms with Gasteiger partial charge in [0.15, 0.2) is 0 Å². The number of halogens is 2. The van der Waals surface area contributed by atoms with Crippen molar-refractivity contribution >= 4 is 43.5 Å². The van der Waals surface area contributed by atoms with Crippen molar-refractivity contribution in [3.8, 4) is 0 Å². The molecule has 1 rings (SSSR count). The number of hydrogen-bond acceptors (Lipinski definition) is 2. The van der Waals surface area contributed by atoms with E-state index in [0.29, 0.717) is 13.0 Å². The summed E-state index contributed by atoms with van der Waals surface area (Å²) in [5.74, 6) is 0.0701. The van der Waals surface area contributed by atoms with Crippen LogP contribution in [-0.2, 0) is 4.79 Å². The third-order valence-corrected chi connectivity index (χ3v) is 3.20. The summed E-state index contributed by atoms with van der Waals surface area (Å²) in [7, 11) is 0. The van der Waals surface area contributed by atoms with E-state index in [-0.39, 0.29) is 11.9 Å². The van der Waals surface area contributed by atoms with Gasteiger partial charge in [0.25, 0.3) is 0 Å². The highest BCUT2D eigenvalue weighted by Crippen LogP contribution is 2.25. The Kier molecular flexibility index (Phi) is 5.98. The van der Waals surface area contributed by atoms with Gasteiger partial charge in [0.1, 0.15) is 0 Å². The van der Waals surface area contributed by atoms with Gasteiger partial charge in [-0.3, -0.25) is 4.79 Å². The fourth-order valence-electron chi connectivity index (χ4n) is 1.34. The molecule has 94 valence electrons. The Balaban J connectivity index is 2.38. The molecule has 3 nitrogen and oxygen atoms in total. The van der Waals surface area contributed by atoms with Crippen LogP contribution in [0.2, 0.25) is 0 Å². The second kappa shape index (κ2) is 7.01. The lowest BCUT2D eigenvalue weighted by atomic mass is 10.3. The normalized spacial score (nSPS) is 10.4. The minimum atomic E-state index is 0.0701. The van der Waals surface area contributed by atoms with Gasteiger partial charge < -0.3 is 10.6 Å². The third-order valence-electron chi connectivity index (χ3n) is 2.05. The summed E-state index contributed by atoms with van der Waals surface area (Å²) in [5, 5.41) is 6.07. The number of amides is 1. The Morgan fingerprint density at radius 3 is 2.65 bits per heavy atom. The van der Waals surface area contributed by atoms with E-state index < -0.39 is 0 Å². The highest BCUT2D eigenvalue weighted by molar-refractivity contribution is 9.11. The van der Waals surface area contributed by atoms with Gasteiger partial charge in [-0.15, -0.1) is 0 Å². The van der Waals surface area contributed by atoms with Crippen molar-refractivity contribution in [3.63, 3.8) is 0 Å². The van der Waals surface area contributed by atoms with Crippen LogP contribution in [0.25, 0.3) is 0 Å². The standard InChI is InChI=1S/C12H16Br2N2O/c1-8(2)16-12(17)5-6-15-11-4-3-9(13)7-10(11)14/h3-4,7-8,15H,5-6H2,1-2H3,(H,16,17). The fourth-order valence-corrected chi connectivity index (χ4v) is 2.52. The highest BCUT2D eigenvalue weighted by Gasteiger charge is 2.04. The molecule has 1 amide bonds. The summed E-state index contributed by atoms with van der Waals surface area (Å²) in [6, 6.07) is 6.09. The molecule has 0 radical (unpaired) electrons. The summed E-state index contributed by atoms with van der Waals surface area (Å²) >= 11 is 6.85. The van der Waals surface area contributed by atoms with Crippen molar-refractivity contribution in [3.05, 3.63) is 27.1 Å². The van der Waals surface area contributed by atoms with Crippen LogP contribution in [0.3, 0.4) is 0 Å². The number of nitrogens with one attached hydrogen (secondary N) is 2. The lowest BCUT2D eigenvalue weighted by Gasteiger charge is -2.10. The molecule has 0 unspecified atom stereocenters. The number of benzene rings is 1. The maximum atomic E-state index is 11.4. The molecule has 0 aliphatic heterocycles. The van der Waals surface area contributed by atoms with E-state index in [1.165, 1.54) is 0 Å². The second-order valence-electron chi connectivity index (χ2n) is 4.02. The number of anilines is 1. The summed E-state index contributed by atoms with van der Waals surface area (Å²) < 4.78 is 2.00. The van der Waals surface area contributed by atoms with Crippen LogP contribution in [0.5, 0.6) is 0 Å². The van der Waals surface area contributed by atoms with Crippen LogP contribution in [0, 0.1) is 0 Å². The molecule has 0 aromatic heterocycles. The van der Waals surface area contributed by atoms with Gasteiger partial charge in [-0.1, -0.05) is 15.9 Å². The van der Waals surface area contributed by atoms with Gasteiger partial charge in [0.2, 0.25) is 5.91 Å². The predicted molar refractivity (Wildman–Crippen MR) is 78.2 cm³/mol.